The van der Waals surface area contributed by atoms with Crippen LogP contribution < -0.4 is 5.46 Å². The van der Waals surface area contributed by atoms with Gasteiger partial charge in [0.15, 0.2) is 0 Å². The van der Waals surface area contributed by atoms with Crippen molar-refractivity contribution in [3.8, 4) is 0 Å². The van der Waals surface area contributed by atoms with Gasteiger partial charge < -0.3 is 0 Å². The van der Waals surface area contributed by atoms with E-state index in [0.717, 1.165) is 0 Å². The summed E-state index contributed by atoms with van der Waals surface area (Å²) in [6, 6.07) is 4.06. The molecule has 0 bridgehead atoms. The molecule has 1 aromatic rings. The summed E-state index contributed by atoms with van der Waals surface area (Å²) < 4.78 is 12.2. The van der Waals surface area contributed by atoms with Gasteiger partial charge in [-0.15, -0.1) is 12.6 Å². The highest BCUT2D eigenvalue weighted by Gasteiger charge is 1.92. The maximum Gasteiger partial charge on any atom is 0.124 e. The van der Waals surface area contributed by atoms with Crippen LogP contribution in [0.25, 0.3) is 0 Å². The predicted molar refractivity (Wildman–Crippen MR) is 39.0 cm³/mol. The van der Waals surface area contributed by atoms with Gasteiger partial charge in [-0.2, -0.15) is 0 Å². The number of hydrogen-bond acceptors (Lipinski definition) is 1. The van der Waals surface area contributed by atoms with Gasteiger partial charge in [-0.3, -0.25) is 0 Å². The largest absolute Gasteiger partial charge is 0.207 e. The highest BCUT2D eigenvalue weighted by Crippen LogP contribution is 2.03. The number of thiol groups is 1. The molecule has 0 N–H and O–H groups in total. The van der Waals surface area contributed by atoms with Crippen LogP contribution in [-0.2, 0) is 0 Å². The lowest BCUT2D eigenvalue weighted by atomic mass is 9.96. The number of halogens is 1. The fourth-order valence-electron chi connectivity index (χ4n) is 0.517. The van der Waals surface area contributed by atoms with Gasteiger partial charge in [0, 0.05) is 0 Å². The molecular formula is C6H4BFS. The van der Waals surface area contributed by atoms with E-state index in [4.69, 9.17) is 7.85 Å². The van der Waals surface area contributed by atoms with Gasteiger partial charge in [-0.25, -0.2) is 4.39 Å². The lowest BCUT2D eigenvalue weighted by molar-refractivity contribution is 0.625. The minimum absolute atomic E-state index is 0.311. The van der Waals surface area contributed by atoms with Gasteiger partial charge >= 0.3 is 0 Å². The van der Waals surface area contributed by atoms with Crippen molar-refractivity contribution in [2.75, 3.05) is 0 Å². The van der Waals surface area contributed by atoms with Crippen molar-refractivity contribution in [2.45, 2.75) is 4.90 Å². The molecule has 0 saturated carbocycles. The van der Waals surface area contributed by atoms with Crippen LogP contribution in [0, 0.1) is 5.82 Å². The van der Waals surface area contributed by atoms with Crippen LogP contribution in [0.1, 0.15) is 0 Å². The lowest BCUT2D eigenvalue weighted by Gasteiger charge is -1.95. The second kappa shape index (κ2) is 2.44. The first kappa shape index (κ1) is 6.68. The fraction of sp³-hybridized carbons (Fsp3) is 0. The van der Waals surface area contributed by atoms with Gasteiger partial charge in [0.25, 0.3) is 0 Å². The number of benzene rings is 1. The zero-order chi connectivity index (χ0) is 6.85. The summed E-state index contributed by atoms with van der Waals surface area (Å²) in [7, 11) is 5.35. The Labute approximate surface area is 59.9 Å². The Hall–Kier alpha value is -0.435. The zero-order valence-electron chi connectivity index (χ0n) is 4.63. The quantitative estimate of drug-likeness (QED) is 0.399. The summed E-state index contributed by atoms with van der Waals surface area (Å²) in [5.74, 6) is -0.311. The third-order valence-corrected chi connectivity index (χ3v) is 1.38. The molecule has 0 fully saturated rings. The molecule has 0 aliphatic rings. The third-order valence-electron chi connectivity index (χ3n) is 0.992. The second-order valence-electron chi connectivity index (χ2n) is 1.70. The van der Waals surface area contributed by atoms with Crippen molar-refractivity contribution in [1.29, 1.82) is 0 Å². The van der Waals surface area contributed by atoms with Crippen LogP contribution in [0.15, 0.2) is 23.1 Å². The first-order valence-corrected chi connectivity index (χ1v) is 2.89. The summed E-state index contributed by atoms with van der Waals surface area (Å²) in [4.78, 5) is 0.481. The molecule has 0 spiro atoms. The minimum Gasteiger partial charge on any atom is -0.207 e. The molecule has 1 aromatic carbocycles. The summed E-state index contributed by atoms with van der Waals surface area (Å²) in [6.07, 6.45) is 0. The van der Waals surface area contributed by atoms with Crippen LogP contribution in [0.4, 0.5) is 4.39 Å². The maximum atomic E-state index is 12.2. The molecule has 0 aromatic heterocycles. The number of hydrogen-bond donors (Lipinski definition) is 1. The van der Waals surface area contributed by atoms with Crippen molar-refractivity contribution in [2.24, 2.45) is 0 Å². The molecular weight excluding hydrogens is 134 g/mol. The molecule has 0 aliphatic carbocycles. The van der Waals surface area contributed by atoms with E-state index < -0.39 is 0 Å². The van der Waals surface area contributed by atoms with Crippen LogP contribution in [0.5, 0.6) is 0 Å². The van der Waals surface area contributed by atoms with Crippen LogP contribution >= 0.6 is 12.6 Å². The normalized spacial score (nSPS) is 9.56. The molecule has 0 aliphatic heterocycles. The highest BCUT2D eigenvalue weighted by atomic mass is 32.1. The predicted octanol–water partition coefficient (Wildman–Crippen LogP) is 0.908. The average molecular weight is 138 g/mol. The molecule has 0 heterocycles. The molecule has 0 amide bonds. The Morgan fingerprint density at radius 2 is 2.11 bits per heavy atom. The van der Waals surface area contributed by atoms with Gasteiger partial charge in [0.05, 0.1) is 0 Å². The fourth-order valence-corrected chi connectivity index (χ4v) is 0.715. The Morgan fingerprint density at radius 3 is 2.56 bits per heavy atom. The van der Waals surface area contributed by atoms with E-state index in [9.17, 15) is 4.39 Å². The number of rotatable bonds is 0. The maximum absolute atomic E-state index is 12.2. The van der Waals surface area contributed by atoms with Crippen LogP contribution in [-0.4, -0.2) is 7.85 Å². The molecule has 9 heavy (non-hydrogen) atoms. The second-order valence-corrected chi connectivity index (χ2v) is 2.18. The molecule has 44 valence electrons. The Bertz CT molecular complexity index is 224. The monoisotopic (exact) mass is 138 g/mol. The topological polar surface area (TPSA) is 0 Å². The van der Waals surface area contributed by atoms with Crippen molar-refractivity contribution in [3.63, 3.8) is 0 Å². The average Bonchev–Trinajstić information content (AvgIpc) is 1.80. The van der Waals surface area contributed by atoms with Crippen LogP contribution in [0.2, 0.25) is 0 Å². The summed E-state index contributed by atoms with van der Waals surface area (Å²) in [6.45, 7) is 0. The summed E-state index contributed by atoms with van der Waals surface area (Å²) in [5, 5.41) is 0. The van der Waals surface area contributed by atoms with Crippen molar-refractivity contribution < 1.29 is 4.39 Å². The minimum atomic E-state index is -0.311. The van der Waals surface area contributed by atoms with E-state index in [2.05, 4.69) is 12.6 Å². The summed E-state index contributed by atoms with van der Waals surface area (Å²) in [5.41, 5.74) is 0.500. The van der Waals surface area contributed by atoms with E-state index in [0.29, 0.717) is 10.4 Å². The third kappa shape index (κ3) is 1.48. The SMILES string of the molecule is [B]c1ccc(F)cc1S. The first-order chi connectivity index (χ1) is 4.20. The Kier molecular flexibility index (Phi) is 1.81. The Morgan fingerprint density at radius 1 is 1.44 bits per heavy atom. The van der Waals surface area contributed by atoms with E-state index in [1.807, 2.05) is 0 Å². The van der Waals surface area contributed by atoms with Crippen molar-refractivity contribution >= 4 is 25.9 Å². The molecule has 0 saturated heterocycles. The van der Waals surface area contributed by atoms with Crippen LogP contribution in [0.3, 0.4) is 0 Å². The van der Waals surface area contributed by atoms with Crippen molar-refractivity contribution in [1.82, 2.24) is 0 Å². The molecule has 0 unspecified atom stereocenters. The molecule has 0 nitrogen and oxygen atoms in total. The first-order valence-electron chi connectivity index (χ1n) is 2.44. The lowest BCUT2D eigenvalue weighted by Crippen LogP contribution is -2.03. The molecule has 3 heteroatoms. The van der Waals surface area contributed by atoms with Gasteiger partial charge in [-0.05, 0) is 17.0 Å². The smallest absolute Gasteiger partial charge is 0.124 e. The Balaban J connectivity index is 3.17. The van der Waals surface area contributed by atoms with Gasteiger partial charge in [0.1, 0.15) is 13.7 Å². The van der Waals surface area contributed by atoms with E-state index in [-0.39, 0.29) is 5.82 Å². The molecule has 2 radical (unpaired) electrons. The van der Waals surface area contributed by atoms with Crippen molar-refractivity contribution in [3.05, 3.63) is 24.0 Å². The van der Waals surface area contributed by atoms with E-state index in [1.54, 1.807) is 0 Å². The molecule has 1 rings (SSSR count). The zero-order valence-corrected chi connectivity index (χ0v) is 5.53. The molecule has 0 atom stereocenters. The summed E-state index contributed by atoms with van der Waals surface area (Å²) >= 11 is 3.90. The van der Waals surface area contributed by atoms with Gasteiger partial charge in [0.2, 0.25) is 0 Å². The standard InChI is InChI=1S/C6H4BFS/c7-5-2-1-4(8)3-6(5)9/h1-3,9H. The van der Waals surface area contributed by atoms with Gasteiger partial charge in [-0.1, -0.05) is 11.5 Å². The van der Waals surface area contributed by atoms with E-state index in [1.165, 1.54) is 18.2 Å². The van der Waals surface area contributed by atoms with E-state index >= 15 is 0 Å². The highest BCUT2D eigenvalue weighted by molar-refractivity contribution is 7.80.